The molecule has 0 bridgehead atoms. The monoisotopic (exact) mass is 350 g/mol. The molecular weight excluding hydrogens is 304 g/mol. The van der Waals surface area contributed by atoms with E-state index >= 15 is 0 Å². The normalized spacial score (nSPS) is 43.2. The van der Waals surface area contributed by atoms with Crippen LogP contribution in [0.15, 0.2) is 0 Å². The van der Waals surface area contributed by atoms with Gasteiger partial charge in [-0.1, -0.05) is 67.2 Å². The van der Waals surface area contributed by atoms with E-state index in [1.165, 1.54) is 51.4 Å². The van der Waals surface area contributed by atoms with Crippen molar-refractivity contribution in [2.24, 2.45) is 52.4 Å². The first-order valence-electron chi connectivity index (χ1n) is 11.3. The first-order valence-corrected chi connectivity index (χ1v) is 11.3. The molecule has 0 amide bonds. The van der Waals surface area contributed by atoms with Crippen LogP contribution in [0.5, 0.6) is 0 Å². The number of nitrogens with two attached hydrogens (primary N) is 2. The van der Waals surface area contributed by atoms with Gasteiger partial charge in [-0.05, 0) is 66.6 Å². The maximum Gasteiger partial charge on any atom is 0.00956 e. The van der Waals surface area contributed by atoms with Crippen LogP contribution in [0.3, 0.4) is 0 Å². The van der Waals surface area contributed by atoms with E-state index in [0.29, 0.717) is 17.5 Å². The molecule has 2 heteroatoms. The molecule has 148 valence electrons. The van der Waals surface area contributed by atoms with E-state index in [-0.39, 0.29) is 0 Å². The second-order valence-corrected chi connectivity index (χ2v) is 9.99. The van der Waals surface area contributed by atoms with Gasteiger partial charge in [-0.25, -0.2) is 0 Å². The fourth-order valence-corrected chi connectivity index (χ4v) is 6.36. The predicted molar refractivity (Wildman–Crippen MR) is 110 cm³/mol. The molecule has 0 saturated heterocycles. The minimum Gasteiger partial charge on any atom is -0.327 e. The third-order valence-electron chi connectivity index (χ3n) is 8.73. The minimum absolute atomic E-state index is 0.419. The van der Waals surface area contributed by atoms with Gasteiger partial charge in [0.05, 0.1) is 0 Å². The summed E-state index contributed by atoms with van der Waals surface area (Å²) in [7, 11) is 0. The molecule has 2 fully saturated rings. The second kappa shape index (κ2) is 8.74. The van der Waals surface area contributed by atoms with Crippen molar-refractivity contribution in [3.05, 3.63) is 0 Å². The quantitative estimate of drug-likeness (QED) is 0.656. The maximum absolute atomic E-state index is 6.62. The molecule has 2 aliphatic rings. The Balaban J connectivity index is 2.18. The lowest BCUT2D eigenvalue weighted by Gasteiger charge is -2.52. The highest BCUT2D eigenvalue weighted by molar-refractivity contribution is 4.99. The van der Waals surface area contributed by atoms with Gasteiger partial charge in [-0.3, -0.25) is 0 Å². The van der Waals surface area contributed by atoms with Gasteiger partial charge in [0.15, 0.2) is 0 Å². The highest BCUT2D eigenvalue weighted by atomic mass is 14.7. The van der Waals surface area contributed by atoms with Crippen LogP contribution < -0.4 is 11.5 Å². The number of hydrogen-bond donors (Lipinski definition) is 2. The van der Waals surface area contributed by atoms with Crippen LogP contribution in [0.2, 0.25) is 0 Å². The van der Waals surface area contributed by atoms with Crippen molar-refractivity contribution in [1.29, 1.82) is 0 Å². The standard InChI is InChI=1S/C23H46N2/c1-7-15-11-19(12-16(8-2)21(15)24)23(5,6)20-13-17(9-3)22(25)18(10-4)14-20/h15-22H,7-14,24-25H2,1-6H3. The van der Waals surface area contributed by atoms with E-state index in [1.54, 1.807) is 0 Å². The van der Waals surface area contributed by atoms with E-state index in [9.17, 15) is 0 Å². The molecule has 0 aliphatic heterocycles. The van der Waals surface area contributed by atoms with Gasteiger partial charge in [0.1, 0.15) is 0 Å². The summed E-state index contributed by atoms with van der Waals surface area (Å²) in [6.07, 6.45) is 10.4. The van der Waals surface area contributed by atoms with Crippen LogP contribution in [0.25, 0.3) is 0 Å². The van der Waals surface area contributed by atoms with E-state index in [0.717, 1.165) is 35.5 Å². The van der Waals surface area contributed by atoms with Crippen molar-refractivity contribution in [2.45, 2.75) is 105 Å². The molecule has 4 unspecified atom stereocenters. The minimum atomic E-state index is 0.419. The predicted octanol–water partition coefficient (Wildman–Crippen LogP) is 5.59. The van der Waals surface area contributed by atoms with Crippen molar-refractivity contribution < 1.29 is 0 Å². The second-order valence-electron chi connectivity index (χ2n) is 9.99. The Kier molecular flexibility index (Phi) is 7.42. The van der Waals surface area contributed by atoms with E-state index in [4.69, 9.17) is 11.5 Å². The van der Waals surface area contributed by atoms with Crippen molar-refractivity contribution in [3.63, 3.8) is 0 Å². The van der Waals surface area contributed by atoms with Gasteiger partial charge in [0.25, 0.3) is 0 Å². The summed E-state index contributed by atoms with van der Waals surface area (Å²) >= 11 is 0. The van der Waals surface area contributed by atoms with Gasteiger partial charge in [-0.2, -0.15) is 0 Å². The summed E-state index contributed by atoms with van der Waals surface area (Å²) in [6, 6.07) is 0.849. The Bertz CT molecular complexity index is 341. The van der Waals surface area contributed by atoms with Crippen molar-refractivity contribution in [1.82, 2.24) is 0 Å². The van der Waals surface area contributed by atoms with Crippen LogP contribution in [0.1, 0.15) is 92.9 Å². The molecule has 4 N–H and O–H groups in total. The average molecular weight is 351 g/mol. The molecule has 0 aromatic rings. The molecule has 0 aromatic carbocycles. The van der Waals surface area contributed by atoms with Gasteiger partial charge in [0, 0.05) is 12.1 Å². The van der Waals surface area contributed by atoms with Crippen LogP contribution in [-0.4, -0.2) is 12.1 Å². The first-order chi connectivity index (χ1) is 11.8. The van der Waals surface area contributed by atoms with Crippen LogP contribution in [0, 0.1) is 40.9 Å². The largest absolute Gasteiger partial charge is 0.327 e. The molecule has 2 aliphatic carbocycles. The van der Waals surface area contributed by atoms with Gasteiger partial charge in [0.2, 0.25) is 0 Å². The van der Waals surface area contributed by atoms with Gasteiger partial charge >= 0.3 is 0 Å². The smallest absolute Gasteiger partial charge is 0.00956 e. The van der Waals surface area contributed by atoms with Crippen molar-refractivity contribution >= 4 is 0 Å². The number of hydrogen-bond acceptors (Lipinski definition) is 2. The molecule has 0 heterocycles. The Labute approximate surface area is 157 Å². The molecule has 0 spiro atoms. The summed E-state index contributed by atoms with van der Waals surface area (Å²) in [5, 5.41) is 0. The Morgan fingerprint density at radius 2 is 0.840 bits per heavy atom. The maximum atomic E-state index is 6.62. The van der Waals surface area contributed by atoms with Crippen molar-refractivity contribution in [2.75, 3.05) is 0 Å². The zero-order valence-electron chi connectivity index (χ0n) is 17.9. The summed E-state index contributed by atoms with van der Waals surface area (Å²) in [5.74, 6) is 4.54. The van der Waals surface area contributed by atoms with E-state index in [2.05, 4.69) is 41.5 Å². The molecule has 0 aromatic heterocycles. The van der Waals surface area contributed by atoms with Gasteiger partial charge in [-0.15, -0.1) is 0 Å². The molecule has 25 heavy (non-hydrogen) atoms. The van der Waals surface area contributed by atoms with E-state index in [1.807, 2.05) is 0 Å². The Morgan fingerprint density at radius 1 is 0.600 bits per heavy atom. The third-order valence-corrected chi connectivity index (χ3v) is 8.73. The summed E-state index contributed by atoms with van der Waals surface area (Å²) in [5.41, 5.74) is 13.7. The van der Waals surface area contributed by atoms with Crippen LogP contribution >= 0.6 is 0 Å². The summed E-state index contributed by atoms with van der Waals surface area (Å²) in [4.78, 5) is 0. The SMILES string of the molecule is CCC1CC(C(C)(C)C2CC(CC)C(N)C(CC)C2)CC(CC)C1N. The summed E-state index contributed by atoms with van der Waals surface area (Å²) in [6.45, 7) is 14.5. The highest BCUT2D eigenvalue weighted by Gasteiger charge is 2.47. The summed E-state index contributed by atoms with van der Waals surface area (Å²) < 4.78 is 0. The molecular formula is C23H46N2. The topological polar surface area (TPSA) is 52.0 Å². The van der Waals surface area contributed by atoms with Crippen molar-refractivity contribution in [3.8, 4) is 0 Å². The van der Waals surface area contributed by atoms with E-state index < -0.39 is 0 Å². The average Bonchev–Trinajstić information content (AvgIpc) is 2.61. The fourth-order valence-electron chi connectivity index (χ4n) is 6.36. The molecule has 2 rings (SSSR count). The Hall–Kier alpha value is -0.0800. The Morgan fingerprint density at radius 3 is 1.04 bits per heavy atom. The third kappa shape index (κ3) is 4.26. The fraction of sp³-hybridized carbons (Fsp3) is 1.00. The lowest BCUT2D eigenvalue weighted by molar-refractivity contribution is -0.0131. The van der Waals surface area contributed by atoms with Crippen LogP contribution in [0.4, 0.5) is 0 Å². The van der Waals surface area contributed by atoms with Crippen LogP contribution in [-0.2, 0) is 0 Å². The highest BCUT2D eigenvalue weighted by Crippen LogP contribution is 2.53. The zero-order valence-corrected chi connectivity index (χ0v) is 17.9. The van der Waals surface area contributed by atoms with Gasteiger partial charge < -0.3 is 11.5 Å². The first kappa shape index (κ1) is 21.2. The lowest BCUT2D eigenvalue weighted by Crippen LogP contribution is -2.51. The lowest BCUT2D eigenvalue weighted by atomic mass is 9.54. The number of rotatable bonds is 6. The molecule has 4 atom stereocenters. The molecule has 0 radical (unpaired) electrons. The molecule has 2 nitrogen and oxygen atoms in total. The zero-order chi connectivity index (χ0) is 18.8. The molecule has 2 saturated carbocycles.